The number of methoxy groups -OCH3 is 3. The van der Waals surface area contributed by atoms with Crippen LogP contribution in [0.3, 0.4) is 0 Å². The van der Waals surface area contributed by atoms with E-state index in [2.05, 4.69) is 9.47 Å². The molecule has 0 fully saturated rings. The van der Waals surface area contributed by atoms with Crippen molar-refractivity contribution < 1.29 is 23.8 Å². The molecule has 0 radical (unpaired) electrons. The normalized spacial score (nSPS) is 9.41. The Morgan fingerprint density at radius 3 is 1.56 bits per heavy atom. The van der Waals surface area contributed by atoms with Crippen LogP contribution in [0, 0.1) is 0 Å². The van der Waals surface area contributed by atoms with Gasteiger partial charge < -0.3 is 14.2 Å². The Morgan fingerprint density at radius 1 is 0.815 bits per heavy atom. The Morgan fingerprint density at radius 2 is 1.33 bits per heavy atom. The van der Waals surface area contributed by atoms with Gasteiger partial charge >= 0.3 is 11.9 Å². The van der Waals surface area contributed by atoms with Gasteiger partial charge in [0.25, 0.3) is 0 Å². The van der Waals surface area contributed by atoms with Crippen LogP contribution in [-0.2, 0) is 23.8 Å². The molecule has 0 aromatic heterocycles. The summed E-state index contributed by atoms with van der Waals surface area (Å²) in [6.07, 6.45) is 11.0. The fourth-order valence-corrected chi connectivity index (χ4v) is 1.03. The molecule has 0 saturated carbocycles. The third kappa shape index (κ3) is 35.4. The molecule has 0 heterocycles. The Bertz CT molecular complexity index is 472. The highest BCUT2D eigenvalue weighted by molar-refractivity contribution is 5.82. The molecule has 1 aromatic carbocycles. The predicted octanol–water partition coefficient (Wildman–Crippen LogP) is 4.76. The zero-order valence-electron chi connectivity index (χ0n) is 17.4. The van der Waals surface area contributed by atoms with E-state index in [1.54, 1.807) is 26.2 Å². The van der Waals surface area contributed by atoms with Gasteiger partial charge in [0.15, 0.2) is 0 Å². The highest BCUT2D eigenvalue weighted by Crippen LogP contribution is 1.80. The fraction of sp³-hybridized carbons (Fsp3) is 0.364. The lowest BCUT2D eigenvalue weighted by Crippen LogP contribution is -1.94. The molecule has 0 amide bonds. The van der Waals surface area contributed by atoms with E-state index in [0.29, 0.717) is 6.42 Å². The zero-order valence-corrected chi connectivity index (χ0v) is 17.4. The lowest BCUT2D eigenvalue weighted by molar-refractivity contribution is -0.140. The van der Waals surface area contributed by atoms with Gasteiger partial charge in [0.2, 0.25) is 0 Å². The zero-order chi connectivity index (χ0) is 21.2. The Balaban J connectivity index is -0.000000290. The quantitative estimate of drug-likeness (QED) is 0.320. The van der Waals surface area contributed by atoms with Crippen molar-refractivity contribution in [2.24, 2.45) is 0 Å². The van der Waals surface area contributed by atoms with Crippen LogP contribution in [-0.4, -0.2) is 39.9 Å². The van der Waals surface area contributed by atoms with Gasteiger partial charge in [-0.1, -0.05) is 73.7 Å². The van der Waals surface area contributed by atoms with E-state index in [1.165, 1.54) is 20.3 Å². The van der Waals surface area contributed by atoms with Crippen molar-refractivity contribution in [3.8, 4) is 0 Å². The predicted molar refractivity (Wildman–Crippen MR) is 111 cm³/mol. The summed E-state index contributed by atoms with van der Waals surface area (Å²) in [6.45, 7) is 6.34. The molecule has 0 N–H and O–H groups in total. The number of carbonyl (C=O) groups excluding carboxylic acids is 2. The van der Waals surface area contributed by atoms with Crippen LogP contribution in [0.1, 0.15) is 27.2 Å². The first-order valence-electron chi connectivity index (χ1n) is 8.58. The van der Waals surface area contributed by atoms with Crippen molar-refractivity contribution in [2.45, 2.75) is 27.2 Å². The largest absolute Gasteiger partial charge is 0.469 e. The molecule has 0 aliphatic carbocycles. The maximum atomic E-state index is 10.3. The lowest BCUT2D eigenvalue weighted by atomic mass is 10.4. The van der Waals surface area contributed by atoms with Gasteiger partial charge in [-0.2, -0.15) is 0 Å². The number of rotatable bonds is 5. The molecule has 0 saturated heterocycles. The topological polar surface area (TPSA) is 61.8 Å². The lowest BCUT2D eigenvalue weighted by Gasteiger charge is -1.87. The van der Waals surface area contributed by atoms with Crippen LogP contribution < -0.4 is 0 Å². The van der Waals surface area contributed by atoms with E-state index in [1.807, 2.05) is 68.5 Å². The fourth-order valence-electron chi connectivity index (χ4n) is 1.03. The molecular weight excluding hydrogens is 344 g/mol. The molecule has 0 atom stereocenters. The van der Waals surface area contributed by atoms with Crippen molar-refractivity contribution in [2.75, 3.05) is 27.9 Å². The Kier molecular flexibility index (Phi) is 30.4. The molecule has 0 aliphatic rings. The van der Waals surface area contributed by atoms with E-state index in [9.17, 15) is 9.59 Å². The van der Waals surface area contributed by atoms with Crippen LogP contribution in [0.25, 0.3) is 0 Å². The first-order valence-corrected chi connectivity index (χ1v) is 8.58. The third-order valence-electron chi connectivity index (χ3n) is 2.42. The summed E-state index contributed by atoms with van der Waals surface area (Å²) < 4.78 is 13.3. The summed E-state index contributed by atoms with van der Waals surface area (Å²) in [5.41, 5.74) is 0. The summed E-state index contributed by atoms with van der Waals surface area (Å²) in [6, 6.07) is 12.0. The summed E-state index contributed by atoms with van der Waals surface area (Å²) in [4.78, 5) is 20.3. The van der Waals surface area contributed by atoms with Gasteiger partial charge in [0.1, 0.15) is 0 Å². The van der Waals surface area contributed by atoms with E-state index < -0.39 is 0 Å². The average molecular weight is 379 g/mol. The molecule has 0 unspecified atom stereocenters. The number of hydrogen-bond donors (Lipinski definition) is 0. The molecule has 152 valence electrons. The molecule has 1 rings (SSSR count). The number of esters is 2. The first kappa shape index (κ1) is 29.1. The van der Waals surface area contributed by atoms with Gasteiger partial charge in [-0.15, -0.1) is 0 Å². The number of benzene rings is 1. The van der Waals surface area contributed by atoms with E-state index in [4.69, 9.17) is 4.74 Å². The number of allylic oxidation sites excluding steroid dienone is 4. The summed E-state index contributed by atoms with van der Waals surface area (Å²) >= 11 is 0. The maximum absolute atomic E-state index is 10.3. The van der Waals surface area contributed by atoms with Crippen LogP contribution >= 0.6 is 0 Å². The van der Waals surface area contributed by atoms with Crippen molar-refractivity contribution in [1.82, 2.24) is 0 Å². The van der Waals surface area contributed by atoms with Crippen LogP contribution in [0.5, 0.6) is 0 Å². The number of hydrogen-bond acceptors (Lipinski definition) is 5. The molecular formula is C22H34O5. The van der Waals surface area contributed by atoms with Gasteiger partial charge in [0, 0.05) is 19.6 Å². The minimum Gasteiger partial charge on any atom is -0.469 e. The summed E-state index contributed by atoms with van der Waals surface area (Å²) in [5.74, 6) is -0.483. The van der Waals surface area contributed by atoms with Gasteiger partial charge in [-0.05, 0) is 13.8 Å². The van der Waals surface area contributed by atoms with E-state index in [-0.39, 0.29) is 11.9 Å². The SMILES string of the molecule is C/C=C\COC.CC=C/C=C/C(=O)OC.CCC(=O)OC.c1ccccc1. The smallest absolute Gasteiger partial charge is 0.330 e. The van der Waals surface area contributed by atoms with Crippen LogP contribution in [0.4, 0.5) is 0 Å². The third-order valence-corrected chi connectivity index (χ3v) is 2.42. The molecule has 5 heteroatoms. The van der Waals surface area contributed by atoms with Crippen LogP contribution in [0.15, 0.2) is 72.9 Å². The van der Waals surface area contributed by atoms with Gasteiger partial charge in [-0.3, -0.25) is 4.79 Å². The Labute approximate surface area is 164 Å². The first-order chi connectivity index (χ1) is 13.0. The summed E-state index contributed by atoms with van der Waals surface area (Å²) in [7, 11) is 4.41. The monoisotopic (exact) mass is 378 g/mol. The van der Waals surface area contributed by atoms with Gasteiger partial charge in [0.05, 0.1) is 20.8 Å². The van der Waals surface area contributed by atoms with Crippen molar-refractivity contribution in [3.63, 3.8) is 0 Å². The Hall–Kier alpha value is -2.66. The van der Waals surface area contributed by atoms with E-state index in [0.717, 1.165) is 6.61 Å². The molecule has 27 heavy (non-hydrogen) atoms. The molecule has 0 aliphatic heterocycles. The average Bonchev–Trinajstić information content (AvgIpc) is 2.74. The molecule has 1 aromatic rings. The second kappa shape index (κ2) is 28.2. The van der Waals surface area contributed by atoms with Crippen molar-refractivity contribution in [3.05, 3.63) is 72.9 Å². The highest BCUT2D eigenvalue weighted by atomic mass is 16.5. The second-order valence-electron chi connectivity index (χ2n) is 4.52. The number of carbonyl (C=O) groups is 2. The van der Waals surface area contributed by atoms with E-state index >= 15 is 0 Å². The van der Waals surface area contributed by atoms with Gasteiger partial charge in [-0.25, -0.2) is 4.79 Å². The maximum Gasteiger partial charge on any atom is 0.330 e. The molecule has 5 nitrogen and oxygen atoms in total. The summed E-state index contributed by atoms with van der Waals surface area (Å²) in [5, 5.41) is 0. The van der Waals surface area contributed by atoms with Crippen molar-refractivity contribution >= 4 is 11.9 Å². The van der Waals surface area contributed by atoms with Crippen molar-refractivity contribution in [1.29, 1.82) is 0 Å². The minimum atomic E-state index is -0.326. The number of ether oxygens (including phenoxy) is 3. The highest BCUT2D eigenvalue weighted by Gasteiger charge is 1.87. The van der Waals surface area contributed by atoms with Crippen LogP contribution in [0.2, 0.25) is 0 Å². The second-order valence-corrected chi connectivity index (χ2v) is 4.52. The standard InChI is InChI=1S/C7H10O2.C6H6.C5H10O.C4H8O2/c1-3-4-5-6-7(8)9-2;1-2-4-6-5-3-1;1-3-4-5-6-2;1-3-4(5)6-2/h3-6H,1-2H3;1-6H;3-4H,5H2,1-2H3;3H2,1-2H3/b4-3?,6-5+;;4-3-;. The molecule has 0 bridgehead atoms. The minimum absolute atomic E-state index is 0.157. The molecule has 0 spiro atoms.